The fourth-order valence-corrected chi connectivity index (χ4v) is 5.53. The first kappa shape index (κ1) is 22.9. The minimum atomic E-state index is -3.27. The lowest BCUT2D eigenvalue weighted by molar-refractivity contribution is -0.132. The van der Waals surface area contributed by atoms with E-state index in [1.165, 1.54) is 6.07 Å². The van der Waals surface area contributed by atoms with Gasteiger partial charge in [-0.3, -0.25) is 4.79 Å². The lowest BCUT2D eigenvalue weighted by Crippen LogP contribution is -2.36. The second kappa shape index (κ2) is 9.27. The van der Waals surface area contributed by atoms with Gasteiger partial charge in [-0.25, -0.2) is 21.9 Å². The highest BCUT2D eigenvalue weighted by Crippen LogP contribution is 2.51. The summed E-state index contributed by atoms with van der Waals surface area (Å²) in [5.41, 5.74) is 2.54. The Bertz CT molecular complexity index is 1080. The number of hydrogen-bond donors (Lipinski definition) is 1. The van der Waals surface area contributed by atoms with Gasteiger partial charge in [0.25, 0.3) is 6.43 Å². The summed E-state index contributed by atoms with van der Waals surface area (Å²) in [7, 11) is -3.27. The second-order valence-electron chi connectivity index (χ2n) is 8.81. The van der Waals surface area contributed by atoms with E-state index in [0.717, 1.165) is 29.4 Å². The number of likely N-dealkylation sites (tertiary alicyclic amines) is 1. The third-order valence-electron chi connectivity index (χ3n) is 6.34. The lowest BCUT2D eigenvalue weighted by Gasteiger charge is -2.21. The smallest absolute Gasteiger partial charge is 0.263 e. The van der Waals surface area contributed by atoms with Gasteiger partial charge in [-0.15, -0.1) is 0 Å². The van der Waals surface area contributed by atoms with Gasteiger partial charge in [-0.2, -0.15) is 0 Å². The number of nitrogens with one attached hydrogen (secondary N) is 1. The predicted octanol–water partition coefficient (Wildman–Crippen LogP) is 4.33. The molecule has 1 heterocycles. The van der Waals surface area contributed by atoms with Crippen LogP contribution >= 0.6 is 0 Å². The molecule has 2 aliphatic rings. The zero-order valence-corrected chi connectivity index (χ0v) is 18.8. The maximum atomic E-state index is 13.3. The zero-order chi connectivity index (χ0) is 22.9. The van der Waals surface area contributed by atoms with Gasteiger partial charge < -0.3 is 4.90 Å². The summed E-state index contributed by atoms with van der Waals surface area (Å²) in [5, 5.41) is 0. The van der Waals surface area contributed by atoms with Crippen molar-refractivity contribution in [2.24, 2.45) is 5.92 Å². The number of amides is 1. The molecule has 2 fully saturated rings. The number of carbonyl (C=O) groups excluding carboxylic acids is 1. The molecule has 3 atom stereocenters. The van der Waals surface area contributed by atoms with Crippen molar-refractivity contribution < 1.29 is 22.0 Å². The van der Waals surface area contributed by atoms with Crippen molar-refractivity contribution in [3.05, 3.63) is 59.7 Å². The summed E-state index contributed by atoms with van der Waals surface area (Å²) in [6.07, 6.45) is 1.35. The first-order valence-electron chi connectivity index (χ1n) is 11.0. The Balaban J connectivity index is 1.49. The van der Waals surface area contributed by atoms with E-state index in [2.05, 4.69) is 4.72 Å². The van der Waals surface area contributed by atoms with Crippen molar-refractivity contribution in [1.29, 1.82) is 0 Å². The van der Waals surface area contributed by atoms with Crippen LogP contribution in [0.1, 0.15) is 49.2 Å². The van der Waals surface area contributed by atoms with Gasteiger partial charge in [0, 0.05) is 30.6 Å². The average molecular weight is 463 g/mol. The molecule has 0 aromatic heterocycles. The summed E-state index contributed by atoms with van der Waals surface area (Å²) < 4.78 is 52.3. The molecule has 5 nitrogen and oxygen atoms in total. The second-order valence-corrected chi connectivity index (χ2v) is 10.6. The van der Waals surface area contributed by atoms with Crippen LogP contribution in [0.25, 0.3) is 11.1 Å². The van der Waals surface area contributed by atoms with Crippen LogP contribution < -0.4 is 4.72 Å². The summed E-state index contributed by atoms with van der Waals surface area (Å²) in [6, 6.07) is 14.0. The third-order valence-corrected chi connectivity index (χ3v) is 7.10. The first-order chi connectivity index (χ1) is 15.2. The SMILES string of the molecule is CS(=O)(=O)NC1CCCN(C(=O)C2CC2c2ccc(C(F)F)cc2-c2ccccc2)CC1. The van der Waals surface area contributed by atoms with Gasteiger partial charge in [0.05, 0.1) is 6.26 Å². The molecule has 0 radical (unpaired) electrons. The largest absolute Gasteiger partial charge is 0.342 e. The molecule has 3 unspecified atom stereocenters. The Morgan fingerprint density at radius 3 is 2.53 bits per heavy atom. The molecule has 0 spiro atoms. The highest BCUT2D eigenvalue weighted by Gasteiger charge is 2.47. The molecule has 4 rings (SSSR count). The van der Waals surface area contributed by atoms with Crippen LogP contribution in [-0.2, 0) is 14.8 Å². The maximum absolute atomic E-state index is 13.3. The standard InChI is InChI=1S/C24H28F2N2O3S/c1-32(30,31)27-18-8-5-12-28(13-11-18)24(29)22-15-21(22)19-10-9-17(23(25)26)14-20(19)16-6-3-2-4-7-16/h2-4,6-7,9-10,14,18,21-23,27H,5,8,11-13,15H2,1H3. The molecular formula is C24H28F2N2O3S. The maximum Gasteiger partial charge on any atom is 0.263 e. The molecular weight excluding hydrogens is 434 g/mol. The number of nitrogens with zero attached hydrogens (tertiary/aromatic N) is 1. The van der Waals surface area contributed by atoms with Crippen molar-refractivity contribution in [3.8, 4) is 11.1 Å². The molecule has 1 amide bonds. The summed E-state index contributed by atoms with van der Waals surface area (Å²) >= 11 is 0. The van der Waals surface area contributed by atoms with E-state index in [9.17, 15) is 22.0 Å². The Kier molecular flexibility index (Phi) is 6.62. The molecule has 1 aliphatic heterocycles. The number of carbonyl (C=O) groups is 1. The van der Waals surface area contributed by atoms with Crippen molar-refractivity contribution >= 4 is 15.9 Å². The predicted molar refractivity (Wildman–Crippen MR) is 120 cm³/mol. The van der Waals surface area contributed by atoms with Crippen molar-refractivity contribution in [2.45, 2.75) is 44.1 Å². The molecule has 2 aromatic rings. The highest BCUT2D eigenvalue weighted by atomic mass is 32.2. The van der Waals surface area contributed by atoms with Crippen LogP contribution in [0, 0.1) is 5.92 Å². The van der Waals surface area contributed by atoms with Gasteiger partial charge >= 0.3 is 0 Å². The summed E-state index contributed by atoms with van der Waals surface area (Å²) in [5.74, 6) is -0.0705. The van der Waals surface area contributed by atoms with Crippen molar-refractivity contribution in [2.75, 3.05) is 19.3 Å². The fraction of sp³-hybridized carbons (Fsp3) is 0.458. The van der Waals surface area contributed by atoms with E-state index in [-0.39, 0.29) is 29.3 Å². The first-order valence-corrected chi connectivity index (χ1v) is 12.9. The molecule has 0 bridgehead atoms. The van der Waals surface area contributed by atoms with Crippen LogP contribution in [-0.4, -0.2) is 44.6 Å². The van der Waals surface area contributed by atoms with Crippen LogP contribution in [0.3, 0.4) is 0 Å². The summed E-state index contributed by atoms with van der Waals surface area (Å²) in [4.78, 5) is 15.0. The van der Waals surface area contributed by atoms with Gasteiger partial charge in [0.2, 0.25) is 15.9 Å². The summed E-state index contributed by atoms with van der Waals surface area (Å²) in [6.45, 7) is 1.13. The van der Waals surface area contributed by atoms with Crippen LogP contribution in [0.5, 0.6) is 0 Å². The molecule has 32 heavy (non-hydrogen) atoms. The average Bonchev–Trinajstić information content (AvgIpc) is 3.57. The Hall–Kier alpha value is -2.32. The number of sulfonamides is 1. The Morgan fingerprint density at radius 2 is 1.84 bits per heavy atom. The van der Waals surface area contributed by atoms with E-state index in [0.29, 0.717) is 32.4 Å². The molecule has 1 aliphatic carbocycles. The van der Waals surface area contributed by atoms with Crippen LogP contribution in [0.2, 0.25) is 0 Å². The monoisotopic (exact) mass is 462 g/mol. The van der Waals surface area contributed by atoms with Crippen molar-refractivity contribution in [1.82, 2.24) is 9.62 Å². The molecule has 1 saturated heterocycles. The molecule has 172 valence electrons. The van der Waals surface area contributed by atoms with Crippen LogP contribution in [0.15, 0.2) is 48.5 Å². The number of benzene rings is 2. The van der Waals surface area contributed by atoms with E-state index in [4.69, 9.17) is 0 Å². The normalized spacial score (nSPS) is 23.8. The van der Waals surface area contributed by atoms with E-state index in [1.54, 1.807) is 12.1 Å². The minimum absolute atomic E-state index is 0.0117. The Morgan fingerprint density at radius 1 is 1.09 bits per heavy atom. The topological polar surface area (TPSA) is 66.5 Å². The van der Waals surface area contributed by atoms with E-state index >= 15 is 0 Å². The minimum Gasteiger partial charge on any atom is -0.342 e. The molecule has 2 aromatic carbocycles. The van der Waals surface area contributed by atoms with Crippen LogP contribution in [0.4, 0.5) is 8.78 Å². The lowest BCUT2D eigenvalue weighted by atomic mass is 9.93. The zero-order valence-electron chi connectivity index (χ0n) is 18.0. The number of rotatable bonds is 6. The van der Waals surface area contributed by atoms with Gasteiger partial charge in [0.15, 0.2) is 0 Å². The molecule has 1 N–H and O–H groups in total. The van der Waals surface area contributed by atoms with Gasteiger partial charge in [0.1, 0.15) is 0 Å². The number of alkyl halides is 2. The third kappa shape index (κ3) is 5.35. The highest BCUT2D eigenvalue weighted by molar-refractivity contribution is 7.88. The van der Waals surface area contributed by atoms with Crippen molar-refractivity contribution in [3.63, 3.8) is 0 Å². The quantitative estimate of drug-likeness (QED) is 0.695. The van der Waals surface area contributed by atoms with Gasteiger partial charge in [-0.05, 0) is 54.4 Å². The van der Waals surface area contributed by atoms with Gasteiger partial charge in [-0.1, -0.05) is 42.5 Å². The van der Waals surface area contributed by atoms with E-state index in [1.807, 2.05) is 35.2 Å². The number of halogens is 2. The Labute approximate surface area is 187 Å². The molecule has 1 saturated carbocycles. The molecule has 8 heteroatoms. The van der Waals surface area contributed by atoms with E-state index < -0.39 is 16.4 Å². The fourth-order valence-electron chi connectivity index (χ4n) is 4.68. The number of hydrogen-bond acceptors (Lipinski definition) is 3.